The first-order valence-electron chi connectivity index (χ1n) is 7.88. The van der Waals surface area contributed by atoms with Crippen molar-refractivity contribution in [3.63, 3.8) is 0 Å². The Morgan fingerprint density at radius 3 is 2.68 bits per heavy atom. The molecule has 22 heavy (non-hydrogen) atoms. The third kappa shape index (κ3) is 5.29. The van der Waals surface area contributed by atoms with Gasteiger partial charge in [0.1, 0.15) is 5.01 Å². The van der Waals surface area contributed by atoms with Gasteiger partial charge in [0.25, 0.3) is 0 Å². The largest absolute Gasteiger partial charge is 0.343 e. The lowest BCUT2D eigenvalue weighted by atomic mass is 10.2. The highest BCUT2D eigenvalue weighted by atomic mass is 32.1. The van der Waals surface area contributed by atoms with Gasteiger partial charge in [0, 0.05) is 37.6 Å². The Morgan fingerprint density at radius 1 is 1.32 bits per heavy atom. The number of aromatic nitrogens is 1. The van der Waals surface area contributed by atoms with Gasteiger partial charge in [0.2, 0.25) is 5.91 Å². The minimum atomic E-state index is -0.258. The monoisotopic (exact) mass is 324 g/mol. The smallest absolute Gasteiger partial charge is 0.315 e. The van der Waals surface area contributed by atoms with Gasteiger partial charge in [-0.1, -0.05) is 12.8 Å². The molecular formula is C15H24N4O2S. The first kappa shape index (κ1) is 16.7. The Labute approximate surface area is 135 Å². The number of rotatable bonds is 5. The van der Waals surface area contributed by atoms with Crippen LogP contribution in [-0.2, 0) is 4.79 Å². The number of nitrogens with zero attached hydrogens (tertiary/aromatic N) is 2. The summed E-state index contributed by atoms with van der Waals surface area (Å²) in [4.78, 5) is 30.0. The molecule has 6 nitrogen and oxygen atoms in total. The summed E-state index contributed by atoms with van der Waals surface area (Å²) in [6.45, 7) is 3.96. The molecule has 1 atom stereocenters. The van der Waals surface area contributed by atoms with Crippen molar-refractivity contribution in [2.75, 3.05) is 19.6 Å². The molecule has 2 rings (SSSR count). The van der Waals surface area contributed by atoms with E-state index in [1.54, 1.807) is 6.20 Å². The maximum absolute atomic E-state index is 12.1. The second kappa shape index (κ2) is 8.73. The number of hydrogen-bond donors (Lipinski definition) is 2. The van der Waals surface area contributed by atoms with Crippen LogP contribution >= 0.6 is 11.3 Å². The molecule has 122 valence electrons. The van der Waals surface area contributed by atoms with E-state index in [9.17, 15) is 9.59 Å². The van der Waals surface area contributed by atoms with Crippen LogP contribution in [0.3, 0.4) is 0 Å². The number of thiazole rings is 1. The first-order chi connectivity index (χ1) is 10.7. The van der Waals surface area contributed by atoms with Crippen LogP contribution < -0.4 is 10.6 Å². The lowest BCUT2D eigenvalue weighted by Gasteiger charge is -2.20. The maximum Gasteiger partial charge on any atom is 0.315 e. The third-order valence-electron chi connectivity index (χ3n) is 3.75. The number of carbonyl (C=O) groups is 2. The summed E-state index contributed by atoms with van der Waals surface area (Å²) in [5.74, 6) is 0.134. The van der Waals surface area contributed by atoms with Gasteiger partial charge in [-0.05, 0) is 19.8 Å². The molecule has 1 aromatic rings. The Morgan fingerprint density at radius 2 is 2.05 bits per heavy atom. The number of carbonyl (C=O) groups excluding carboxylic acids is 2. The SMILES string of the molecule is C[C@@H](NC(=O)NCCC(=O)N1CCCCCC1)c1nccs1. The van der Waals surface area contributed by atoms with E-state index in [1.165, 1.54) is 24.2 Å². The van der Waals surface area contributed by atoms with Crippen molar-refractivity contribution < 1.29 is 9.59 Å². The van der Waals surface area contributed by atoms with Crippen LogP contribution in [0.2, 0.25) is 0 Å². The molecule has 0 saturated carbocycles. The fraction of sp³-hybridized carbons (Fsp3) is 0.667. The normalized spacial score (nSPS) is 16.7. The summed E-state index contributed by atoms with van der Waals surface area (Å²) in [5.41, 5.74) is 0. The first-order valence-corrected chi connectivity index (χ1v) is 8.76. The maximum atomic E-state index is 12.1. The van der Waals surface area contributed by atoms with E-state index in [0.29, 0.717) is 13.0 Å². The highest BCUT2D eigenvalue weighted by Gasteiger charge is 2.16. The Kier molecular flexibility index (Phi) is 6.64. The zero-order chi connectivity index (χ0) is 15.8. The van der Waals surface area contributed by atoms with Gasteiger partial charge in [-0.2, -0.15) is 0 Å². The average Bonchev–Trinajstić information content (AvgIpc) is 2.90. The third-order valence-corrected chi connectivity index (χ3v) is 4.71. The van der Waals surface area contributed by atoms with Crippen LogP contribution in [0.15, 0.2) is 11.6 Å². The lowest BCUT2D eigenvalue weighted by Crippen LogP contribution is -2.40. The molecule has 1 aliphatic heterocycles. The fourth-order valence-electron chi connectivity index (χ4n) is 2.52. The zero-order valence-electron chi connectivity index (χ0n) is 13.0. The molecule has 0 aliphatic carbocycles. The number of hydrogen-bond acceptors (Lipinski definition) is 4. The fourth-order valence-corrected chi connectivity index (χ4v) is 3.16. The Balaban J connectivity index is 1.64. The van der Waals surface area contributed by atoms with Gasteiger partial charge in [0.05, 0.1) is 6.04 Å². The summed E-state index contributed by atoms with van der Waals surface area (Å²) in [6.07, 6.45) is 6.67. The number of likely N-dealkylation sites (tertiary alicyclic amines) is 1. The molecule has 1 aromatic heterocycles. The number of amides is 3. The van der Waals surface area contributed by atoms with Gasteiger partial charge in [-0.15, -0.1) is 11.3 Å². The van der Waals surface area contributed by atoms with Crippen molar-refractivity contribution >= 4 is 23.3 Å². The number of nitrogens with one attached hydrogen (secondary N) is 2. The molecule has 2 N–H and O–H groups in total. The molecule has 1 saturated heterocycles. The van der Waals surface area contributed by atoms with E-state index >= 15 is 0 Å². The van der Waals surface area contributed by atoms with Crippen molar-refractivity contribution in [3.05, 3.63) is 16.6 Å². The molecule has 0 bridgehead atoms. The minimum absolute atomic E-state index is 0.124. The van der Waals surface area contributed by atoms with Gasteiger partial charge in [0.15, 0.2) is 0 Å². The molecule has 0 aromatic carbocycles. The van der Waals surface area contributed by atoms with Gasteiger partial charge in [-0.25, -0.2) is 9.78 Å². The molecule has 0 spiro atoms. The second-order valence-electron chi connectivity index (χ2n) is 5.54. The zero-order valence-corrected chi connectivity index (χ0v) is 13.8. The summed E-state index contributed by atoms with van der Waals surface area (Å²) in [5, 5.41) is 8.31. The van der Waals surface area contributed by atoms with Crippen LogP contribution in [0.25, 0.3) is 0 Å². The van der Waals surface area contributed by atoms with Crippen LogP contribution in [0.1, 0.15) is 50.1 Å². The van der Waals surface area contributed by atoms with E-state index in [-0.39, 0.29) is 18.0 Å². The standard InChI is InChI=1S/C15H24N4O2S/c1-12(14-16-8-11-22-14)18-15(21)17-7-6-13(20)19-9-4-2-3-5-10-19/h8,11-12H,2-7,9-10H2,1H3,(H2,17,18,21)/t12-/m1/s1. The lowest BCUT2D eigenvalue weighted by molar-refractivity contribution is -0.131. The quantitative estimate of drug-likeness (QED) is 0.873. The predicted molar refractivity (Wildman–Crippen MR) is 86.7 cm³/mol. The second-order valence-corrected chi connectivity index (χ2v) is 6.46. The van der Waals surface area contributed by atoms with E-state index in [2.05, 4.69) is 15.6 Å². The van der Waals surface area contributed by atoms with Crippen molar-refractivity contribution in [1.82, 2.24) is 20.5 Å². The van der Waals surface area contributed by atoms with Gasteiger partial charge in [-0.3, -0.25) is 4.79 Å². The van der Waals surface area contributed by atoms with E-state index in [4.69, 9.17) is 0 Å². The molecule has 0 unspecified atom stereocenters. The topological polar surface area (TPSA) is 74.3 Å². The summed E-state index contributed by atoms with van der Waals surface area (Å²) < 4.78 is 0. The molecule has 1 fully saturated rings. The Bertz CT molecular complexity index is 470. The summed E-state index contributed by atoms with van der Waals surface area (Å²) in [6, 6.07) is -0.382. The van der Waals surface area contributed by atoms with Crippen molar-refractivity contribution in [1.29, 1.82) is 0 Å². The molecule has 1 aliphatic rings. The minimum Gasteiger partial charge on any atom is -0.343 e. The molecule has 2 heterocycles. The molecule has 7 heteroatoms. The van der Waals surface area contributed by atoms with E-state index < -0.39 is 0 Å². The van der Waals surface area contributed by atoms with Crippen molar-refractivity contribution in [2.45, 2.75) is 45.1 Å². The van der Waals surface area contributed by atoms with Gasteiger partial charge < -0.3 is 15.5 Å². The summed E-state index contributed by atoms with van der Waals surface area (Å²) >= 11 is 1.51. The van der Waals surface area contributed by atoms with Crippen molar-refractivity contribution in [2.24, 2.45) is 0 Å². The van der Waals surface area contributed by atoms with Gasteiger partial charge >= 0.3 is 6.03 Å². The number of urea groups is 1. The summed E-state index contributed by atoms with van der Waals surface area (Å²) in [7, 11) is 0. The molecule has 3 amide bonds. The van der Waals surface area contributed by atoms with Crippen LogP contribution in [0.4, 0.5) is 4.79 Å². The van der Waals surface area contributed by atoms with Crippen LogP contribution in [0.5, 0.6) is 0 Å². The average molecular weight is 324 g/mol. The van der Waals surface area contributed by atoms with E-state index in [1.807, 2.05) is 17.2 Å². The van der Waals surface area contributed by atoms with E-state index in [0.717, 1.165) is 30.9 Å². The van der Waals surface area contributed by atoms with Crippen LogP contribution in [0, 0.1) is 0 Å². The predicted octanol–water partition coefficient (Wildman–Crippen LogP) is 2.30. The highest BCUT2D eigenvalue weighted by Crippen LogP contribution is 2.14. The Hall–Kier alpha value is -1.63. The highest BCUT2D eigenvalue weighted by molar-refractivity contribution is 7.09. The molecular weight excluding hydrogens is 300 g/mol. The molecule has 0 radical (unpaired) electrons. The van der Waals surface area contributed by atoms with Crippen molar-refractivity contribution in [3.8, 4) is 0 Å². The van der Waals surface area contributed by atoms with Crippen LogP contribution in [-0.4, -0.2) is 41.5 Å².